The molecule has 0 aliphatic carbocycles. The van der Waals surface area contributed by atoms with Crippen molar-refractivity contribution < 1.29 is 29.2 Å². The van der Waals surface area contributed by atoms with Gasteiger partial charge in [0.05, 0.1) is 24.1 Å². The number of carbonyl (C=O) groups is 1. The predicted molar refractivity (Wildman–Crippen MR) is 112 cm³/mol. The van der Waals surface area contributed by atoms with Crippen LogP contribution in [0.3, 0.4) is 0 Å². The number of amides is 1. The van der Waals surface area contributed by atoms with Crippen LogP contribution in [0.4, 0.5) is 4.39 Å². The topological polar surface area (TPSA) is 111 Å². The van der Waals surface area contributed by atoms with Gasteiger partial charge in [0.2, 0.25) is 5.91 Å². The molecule has 1 unspecified atom stereocenters. The lowest BCUT2D eigenvalue weighted by atomic mass is 9.92. The fourth-order valence-corrected chi connectivity index (χ4v) is 4.96. The summed E-state index contributed by atoms with van der Waals surface area (Å²) in [4.78, 5) is 12.9. The third kappa shape index (κ3) is 6.66. The first-order valence-corrected chi connectivity index (χ1v) is 12.0. The number of ether oxygens (including phenoxy) is 1. The summed E-state index contributed by atoms with van der Waals surface area (Å²) in [5.41, 5.74) is -0.736. The maximum absolute atomic E-state index is 12.9. The van der Waals surface area contributed by atoms with Crippen molar-refractivity contribution in [1.29, 1.82) is 0 Å². The summed E-state index contributed by atoms with van der Waals surface area (Å²) in [6.45, 7) is 2.05. The number of rotatable bonds is 8. The SMILES string of the molecule is CS[C@H]1O[C@H]([C@H](NC(=O)C2CC[C@H](CCCF)CCN2)[C@H](C)Cl)[C@H](O)[C@H](O)[C@H]1O. The molecular weight excluding hydrogens is 423 g/mol. The molecule has 0 aromatic heterocycles. The Morgan fingerprint density at radius 3 is 2.62 bits per heavy atom. The second-order valence-corrected chi connectivity index (χ2v) is 9.58. The van der Waals surface area contributed by atoms with E-state index in [9.17, 15) is 24.5 Å². The van der Waals surface area contributed by atoms with Crippen LogP contribution in [-0.4, -0.2) is 88.0 Å². The first-order valence-electron chi connectivity index (χ1n) is 10.3. The number of halogens is 2. The molecule has 2 heterocycles. The summed E-state index contributed by atoms with van der Waals surface area (Å²) in [6.07, 6.45) is 0.517. The number of aliphatic hydroxyl groups excluding tert-OH is 3. The Morgan fingerprint density at radius 2 is 2.00 bits per heavy atom. The fourth-order valence-electron chi connectivity index (χ4n) is 4.08. The van der Waals surface area contributed by atoms with Crippen LogP contribution in [0.25, 0.3) is 0 Å². The van der Waals surface area contributed by atoms with Crippen molar-refractivity contribution in [2.45, 2.75) is 86.3 Å². The highest BCUT2D eigenvalue weighted by Crippen LogP contribution is 2.30. The lowest BCUT2D eigenvalue weighted by Gasteiger charge is -2.44. The smallest absolute Gasteiger partial charge is 0.237 e. The molecule has 9 atom stereocenters. The van der Waals surface area contributed by atoms with Gasteiger partial charge in [0.25, 0.3) is 0 Å². The summed E-state index contributed by atoms with van der Waals surface area (Å²) >= 11 is 7.51. The number of hydrogen-bond donors (Lipinski definition) is 5. The number of aliphatic hydroxyl groups is 3. The van der Waals surface area contributed by atoms with E-state index in [0.29, 0.717) is 25.3 Å². The molecule has 0 spiro atoms. The molecule has 0 bridgehead atoms. The van der Waals surface area contributed by atoms with Crippen LogP contribution < -0.4 is 10.6 Å². The highest BCUT2D eigenvalue weighted by atomic mass is 35.5. The molecule has 0 aromatic carbocycles. The molecule has 5 N–H and O–H groups in total. The van der Waals surface area contributed by atoms with Crippen molar-refractivity contribution in [3.8, 4) is 0 Å². The van der Waals surface area contributed by atoms with Crippen molar-refractivity contribution in [1.82, 2.24) is 10.6 Å². The largest absolute Gasteiger partial charge is 0.388 e. The van der Waals surface area contributed by atoms with Crippen LogP contribution in [0.1, 0.15) is 39.0 Å². The molecule has 2 rings (SSSR count). The summed E-state index contributed by atoms with van der Waals surface area (Å²) in [7, 11) is 0. The minimum Gasteiger partial charge on any atom is -0.388 e. The molecule has 0 radical (unpaired) electrons. The third-order valence-electron chi connectivity index (χ3n) is 5.87. The lowest BCUT2D eigenvalue weighted by molar-refractivity contribution is -0.205. The van der Waals surface area contributed by atoms with Gasteiger partial charge in [0, 0.05) is 0 Å². The average molecular weight is 457 g/mol. The molecular formula is C19H34ClFN2O5S. The maximum Gasteiger partial charge on any atom is 0.237 e. The summed E-state index contributed by atoms with van der Waals surface area (Å²) in [5.74, 6) is 0.159. The standard InChI is InChI=1S/C19H34ClFN2O5S/c1-10(20)13(17-15(25)14(24)16(26)19(28-17)29-2)23-18(27)12-6-5-11(4-3-8-21)7-9-22-12/h10-17,19,22,24-26H,3-9H2,1-2H3,(H,23,27)/t10-,11-,12?,13+,14-,15+,16+,17+,19+/m0/s1. The van der Waals surface area contributed by atoms with E-state index in [4.69, 9.17) is 16.3 Å². The van der Waals surface area contributed by atoms with E-state index in [1.165, 1.54) is 11.8 Å². The summed E-state index contributed by atoms with van der Waals surface area (Å²) in [6, 6.07) is -1.15. The Balaban J connectivity index is 2.01. The van der Waals surface area contributed by atoms with E-state index in [-0.39, 0.29) is 12.6 Å². The van der Waals surface area contributed by atoms with Gasteiger partial charge in [-0.2, -0.15) is 0 Å². The molecule has 2 fully saturated rings. The van der Waals surface area contributed by atoms with E-state index in [2.05, 4.69) is 10.6 Å². The molecule has 2 aliphatic heterocycles. The monoisotopic (exact) mass is 456 g/mol. The molecule has 0 saturated carbocycles. The maximum atomic E-state index is 12.9. The van der Waals surface area contributed by atoms with Crippen molar-refractivity contribution in [2.75, 3.05) is 19.5 Å². The van der Waals surface area contributed by atoms with Crippen molar-refractivity contribution in [3.63, 3.8) is 0 Å². The van der Waals surface area contributed by atoms with Gasteiger partial charge in [0.1, 0.15) is 29.9 Å². The van der Waals surface area contributed by atoms with Gasteiger partial charge >= 0.3 is 0 Å². The highest BCUT2D eigenvalue weighted by molar-refractivity contribution is 7.99. The lowest BCUT2D eigenvalue weighted by Crippen LogP contribution is -2.65. The number of nitrogens with one attached hydrogen (secondary N) is 2. The van der Waals surface area contributed by atoms with Crippen molar-refractivity contribution >= 4 is 29.3 Å². The van der Waals surface area contributed by atoms with Gasteiger partial charge in [-0.3, -0.25) is 9.18 Å². The number of hydrogen-bond acceptors (Lipinski definition) is 7. The second-order valence-electron chi connectivity index (χ2n) is 7.96. The van der Waals surface area contributed by atoms with Crippen LogP contribution in [0.15, 0.2) is 0 Å². The van der Waals surface area contributed by atoms with Crippen molar-refractivity contribution in [2.24, 2.45) is 5.92 Å². The Morgan fingerprint density at radius 1 is 1.28 bits per heavy atom. The van der Waals surface area contributed by atoms with Crippen LogP contribution in [0.2, 0.25) is 0 Å². The van der Waals surface area contributed by atoms with Gasteiger partial charge in [-0.05, 0) is 57.7 Å². The first-order chi connectivity index (χ1) is 13.8. The van der Waals surface area contributed by atoms with Gasteiger partial charge in [-0.1, -0.05) is 0 Å². The van der Waals surface area contributed by atoms with E-state index in [1.54, 1.807) is 13.2 Å². The van der Waals surface area contributed by atoms with Gasteiger partial charge in [-0.25, -0.2) is 0 Å². The molecule has 10 heteroatoms. The zero-order valence-electron chi connectivity index (χ0n) is 17.0. The predicted octanol–water partition coefficient (Wildman–Crippen LogP) is 0.777. The Hall–Kier alpha value is -0.160. The van der Waals surface area contributed by atoms with Gasteiger partial charge in [0.15, 0.2) is 0 Å². The fraction of sp³-hybridized carbons (Fsp3) is 0.947. The van der Waals surface area contributed by atoms with E-state index in [1.807, 2.05) is 0 Å². The Kier molecular flexibility index (Phi) is 10.4. The first kappa shape index (κ1) is 25.1. The molecule has 2 saturated heterocycles. The molecule has 170 valence electrons. The zero-order valence-corrected chi connectivity index (χ0v) is 18.5. The van der Waals surface area contributed by atoms with Crippen LogP contribution in [-0.2, 0) is 9.53 Å². The Labute approximate surface area is 181 Å². The van der Waals surface area contributed by atoms with Crippen LogP contribution in [0.5, 0.6) is 0 Å². The number of carbonyl (C=O) groups excluding carboxylic acids is 1. The highest BCUT2D eigenvalue weighted by Gasteiger charge is 2.48. The molecule has 1 amide bonds. The molecule has 7 nitrogen and oxygen atoms in total. The van der Waals surface area contributed by atoms with E-state index >= 15 is 0 Å². The normalized spacial score (nSPS) is 38.1. The molecule has 2 aliphatic rings. The second kappa shape index (κ2) is 12.0. The quantitative estimate of drug-likeness (QED) is 0.343. The number of alkyl halides is 2. The van der Waals surface area contributed by atoms with Gasteiger partial charge in [-0.15, -0.1) is 23.4 Å². The minimum absolute atomic E-state index is 0.245. The zero-order chi connectivity index (χ0) is 21.6. The third-order valence-corrected chi connectivity index (χ3v) is 6.99. The van der Waals surface area contributed by atoms with E-state index < -0.39 is 47.3 Å². The Bertz CT molecular complexity index is 519. The van der Waals surface area contributed by atoms with E-state index in [0.717, 1.165) is 19.3 Å². The van der Waals surface area contributed by atoms with Crippen molar-refractivity contribution in [3.05, 3.63) is 0 Å². The van der Waals surface area contributed by atoms with Crippen LogP contribution >= 0.6 is 23.4 Å². The number of thioether (sulfide) groups is 1. The minimum atomic E-state index is -1.40. The van der Waals surface area contributed by atoms with Gasteiger partial charge < -0.3 is 30.7 Å². The van der Waals surface area contributed by atoms with Crippen LogP contribution in [0, 0.1) is 5.92 Å². The summed E-state index contributed by atoms with van der Waals surface area (Å²) in [5, 5.41) is 36.2. The molecule has 0 aromatic rings. The average Bonchev–Trinajstić information content (AvgIpc) is 2.95. The summed E-state index contributed by atoms with van der Waals surface area (Å²) < 4.78 is 18.2. The molecule has 29 heavy (non-hydrogen) atoms.